The van der Waals surface area contributed by atoms with Gasteiger partial charge in [0.15, 0.2) is 0 Å². The van der Waals surface area contributed by atoms with Crippen molar-refractivity contribution in [3.05, 3.63) is 48.7 Å². The van der Waals surface area contributed by atoms with E-state index >= 15 is 0 Å². The molecule has 0 unspecified atom stereocenters. The summed E-state index contributed by atoms with van der Waals surface area (Å²) in [6.45, 7) is 7.55. The summed E-state index contributed by atoms with van der Waals surface area (Å²) in [6.07, 6.45) is 2.86. The molecule has 1 aromatic carbocycles. The average molecular weight is 339 g/mol. The Labute approximate surface area is 141 Å². The van der Waals surface area contributed by atoms with Crippen LogP contribution in [-0.4, -0.2) is 54.7 Å². The van der Waals surface area contributed by atoms with Crippen LogP contribution >= 0.6 is 0 Å². The Morgan fingerprint density at radius 3 is 2.30 bits per heavy atom. The fourth-order valence-electron chi connectivity index (χ4n) is 2.39. The highest BCUT2D eigenvalue weighted by Gasteiger charge is 2.36. The van der Waals surface area contributed by atoms with Crippen molar-refractivity contribution in [1.29, 1.82) is 0 Å². The molecule has 5 nitrogen and oxygen atoms in total. The molecule has 0 fully saturated rings. The summed E-state index contributed by atoms with van der Waals surface area (Å²) in [5.74, 6) is 0. The van der Waals surface area contributed by atoms with Crippen LogP contribution in [-0.2, 0) is 19.8 Å². The molecule has 1 N–H and O–H groups in total. The molecule has 0 amide bonds. The zero-order chi connectivity index (χ0) is 17.0. The van der Waals surface area contributed by atoms with Crippen molar-refractivity contribution in [1.82, 2.24) is 10.2 Å². The molecule has 0 aliphatic heterocycles. The molecule has 0 saturated carbocycles. The van der Waals surface area contributed by atoms with Crippen molar-refractivity contribution < 1.29 is 13.3 Å². The van der Waals surface area contributed by atoms with E-state index in [4.69, 9.17) is 13.3 Å². The summed E-state index contributed by atoms with van der Waals surface area (Å²) in [6, 6.07) is 11.2. The van der Waals surface area contributed by atoms with E-state index in [-0.39, 0.29) is 0 Å². The Bertz CT molecular complexity index is 419. The predicted octanol–water partition coefficient (Wildman–Crippen LogP) is 2.49. The highest BCUT2D eigenvalue weighted by Crippen LogP contribution is 2.14. The minimum atomic E-state index is -2.42. The lowest BCUT2D eigenvalue weighted by molar-refractivity contribution is 0.123. The molecule has 0 heterocycles. The number of nitrogens with one attached hydrogen (secondary N) is 1. The second-order valence-electron chi connectivity index (χ2n) is 5.29. The molecular weight excluding hydrogens is 308 g/mol. The van der Waals surface area contributed by atoms with Gasteiger partial charge in [-0.15, -0.1) is 0 Å². The van der Waals surface area contributed by atoms with E-state index in [1.165, 1.54) is 5.56 Å². The van der Waals surface area contributed by atoms with Crippen LogP contribution in [0.25, 0.3) is 0 Å². The van der Waals surface area contributed by atoms with E-state index in [9.17, 15) is 0 Å². The summed E-state index contributed by atoms with van der Waals surface area (Å²) in [5.41, 5.74) is 1.29. The molecule has 0 saturated heterocycles. The lowest BCUT2D eigenvalue weighted by Crippen LogP contribution is -2.43. The van der Waals surface area contributed by atoms with Crippen molar-refractivity contribution >= 4 is 8.80 Å². The quantitative estimate of drug-likeness (QED) is 0.442. The highest BCUT2D eigenvalue weighted by atomic mass is 28.4. The van der Waals surface area contributed by atoms with Gasteiger partial charge in [0.25, 0.3) is 0 Å². The van der Waals surface area contributed by atoms with E-state index < -0.39 is 8.80 Å². The molecule has 0 atom stereocenters. The molecule has 0 spiro atoms. The van der Waals surface area contributed by atoms with Crippen LogP contribution in [0.2, 0.25) is 6.04 Å². The van der Waals surface area contributed by atoms with E-state index in [0.29, 0.717) is 0 Å². The first kappa shape index (κ1) is 19.9. The van der Waals surface area contributed by atoms with Crippen LogP contribution in [0, 0.1) is 0 Å². The number of nitrogens with zero attached hydrogens (tertiary/aromatic N) is 1. The minimum Gasteiger partial charge on any atom is -0.377 e. The van der Waals surface area contributed by atoms with Crippen LogP contribution in [0.5, 0.6) is 0 Å². The summed E-state index contributed by atoms with van der Waals surface area (Å²) in [4.78, 5) is 2.21. The van der Waals surface area contributed by atoms with Crippen molar-refractivity contribution in [3.8, 4) is 0 Å². The van der Waals surface area contributed by atoms with Gasteiger partial charge in [-0.1, -0.05) is 36.9 Å². The molecule has 23 heavy (non-hydrogen) atoms. The van der Waals surface area contributed by atoms with Crippen LogP contribution in [0.3, 0.4) is 0 Å². The zero-order valence-corrected chi connectivity index (χ0v) is 15.6. The molecule has 1 aromatic rings. The fraction of sp³-hybridized carbons (Fsp3) is 0.529. The summed E-state index contributed by atoms with van der Waals surface area (Å²) >= 11 is 0. The molecule has 0 aromatic heterocycles. The normalized spacial score (nSPS) is 11.4. The first-order chi connectivity index (χ1) is 11.2. The zero-order valence-electron chi connectivity index (χ0n) is 14.6. The van der Waals surface area contributed by atoms with Gasteiger partial charge in [0.2, 0.25) is 0 Å². The van der Waals surface area contributed by atoms with Crippen molar-refractivity contribution in [2.24, 2.45) is 0 Å². The molecule has 0 aliphatic rings. The standard InChI is InChI=1S/C17H30N2O3Si/c1-5-19(16-17-10-7-6-8-11-17)14-13-18-12-9-15-23(20-2,21-3)22-4/h5-8,10-11,18H,1,9,12-16H2,2-4H3. The summed E-state index contributed by atoms with van der Waals surface area (Å²) < 4.78 is 16.2. The van der Waals surface area contributed by atoms with Gasteiger partial charge in [0.05, 0.1) is 0 Å². The Morgan fingerprint density at radius 1 is 1.09 bits per heavy atom. The third kappa shape index (κ3) is 7.28. The monoisotopic (exact) mass is 338 g/mol. The van der Waals surface area contributed by atoms with Crippen LogP contribution < -0.4 is 5.32 Å². The molecule has 0 aliphatic carbocycles. The van der Waals surface area contributed by atoms with E-state index in [0.717, 1.165) is 38.6 Å². The van der Waals surface area contributed by atoms with Crippen molar-refractivity contribution in [2.45, 2.75) is 19.0 Å². The molecular formula is C17H30N2O3Si. The van der Waals surface area contributed by atoms with E-state index in [1.54, 1.807) is 21.3 Å². The highest BCUT2D eigenvalue weighted by molar-refractivity contribution is 6.60. The second-order valence-corrected chi connectivity index (χ2v) is 8.38. The van der Waals surface area contributed by atoms with Gasteiger partial charge in [0.1, 0.15) is 0 Å². The van der Waals surface area contributed by atoms with Gasteiger partial charge in [-0.25, -0.2) is 0 Å². The van der Waals surface area contributed by atoms with Gasteiger partial charge in [-0.2, -0.15) is 0 Å². The molecule has 1 rings (SSSR count). The maximum atomic E-state index is 5.41. The molecule has 0 bridgehead atoms. The van der Waals surface area contributed by atoms with Crippen LogP contribution in [0.1, 0.15) is 12.0 Å². The molecule has 130 valence electrons. The first-order valence-electron chi connectivity index (χ1n) is 7.96. The number of hydrogen-bond acceptors (Lipinski definition) is 5. The fourth-order valence-corrected chi connectivity index (χ4v) is 4.11. The van der Waals surface area contributed by atoms with Crippen molar-refractivity contribution in [3.63, 3.8) is 0 Å². The third-order valence-electron chi connectivity index (χ3n) is 3.83. The molecule has 6 heteroatoms. The first-order valence-corrected chi connectivity index (χ1v) is 9.89. The Hall–Kier alpha value is -1.18. The van der Waals surface area contributed by atoms with Gasteiger partial charge in [0, 0.05) is 47.0 Å². The topological polar surface area (TPSA) is 43.0 Å². The van der Waals surface area contributed by atoms with Gasteiger partial charge < -0.3 is 23.5 Å². The molecule has 0 radical (unpaired) electrons. The van der Waals surface area contributed by atoms with E-state index in [2.05, 4.69) is 41.1 Å². The lowest BCUT2D eigenvalue weighted by Gasteiger charge is -2.24. The maximum absolute atomic E-state index is 5.41. The van der Waals surface area contributed by atoms with Crippen LogP contribution in [0.4, 0.5) is 0 Å². The van der Waals surface area contributed by atoms with Gasteiger partial charge >= 0.3 is 8.80 Å². The van der Waals surface area contributed by atoms with Crippen molar-refractivity contribution in [2.75, 3.05) is 41.0 Å². The maximum Gasteiger partial charge on any atom is 0.500 e. The second kappa shape index (κ2) is 11.4. The SMILES string of the molecule is C=CN(CCNCCC[Si](OC)(OC)OC)Cc1ccccc1. The Balaban J connectivity index is 2.19. The Kier molecular flexibility index (Phi) is 9.82. The van der Waals surface area contributed by atoms with Gasteiger partial charge in [-0.3, -0.25) is 0 Å². The minimum absolute atomic E-state index is 0.818. The third-order valence-corrected chi connectivity index (χ3v) is 6.66. The summed E-state index contributed by atoms with van der Waals surface area (Å²) in [7, 11) is 2.53. The Morgan fingerprint density at radius 2 is 1.74 bits per heavy atom. The number of rotatable bonds is 13. The van der Waals surface area contributed by atoms with E-state index in [1.807, 2.05) is 12.3 Å². The average Bonchev–Trinajstić information content (AvgIpc) is 2.61. The number of hydrogen-bond donors (Lipinski definition) is 1. The largest absolute Gasteiger partial charge is 0.500 e. The van der Waals surface area contributed by atoms with Crippen LogP contribution in [0.15, 0.2) is 43.1 Å². The number of benzene rings is 1. The van der Waals surface area contributed by atoms with Gasteiger partial charge in [-0.05, 0) is 24.7 Å². The lowest BCUT2D eigenvalue weighted by atomic mass is 10.2. The predicted molar refractivity (Wildman–Crippen MR) is 96.1 cm³/mol. The summed E-state index contributed by atoms with van der Waals surface area (Å²) in [5, 5.41) is 3.45. The smallest absolute Gasteiger partial charge is 0.377 e.